The fraction of sp³-hybridized carbons (Fsp3) is 0.600. The summed E-state index contributed by atoms with van der Waals surface area (Å²) in [4.78, 5) is 19.9. The summed E-state index contributed by atoms with van der Waals surface area (Å²) < 4.78 is 40.6. The first kappa shape index (κ1) is 18.0. The van der Waals surface area contributed by atoms with Crippen LogP contribution in [-0.4, -0.2) is 57.1 Å². The van der Waals surface area contributed by atoms with Crippen LogP contribution in [0.5, 0.6) is 0 Å². The van der Waals surface area contributed by atoms with Gasteiger partial charge in [0.25, 0.3) is 0 Å². The average molecular weight is 392 g/mol. The van der Waals surface area contributed by atoms with Gasteiger partial charge in [0.15, 0.2) is 0 Å². The lowest BCUT2D eigenvalue weighted by atomic mass is 9.91. The van der Waals surface area contributed by atoms with Crippen LogP contribution in [0.2, 0.25) is 0 Å². The summed E-state index contributed by atoms with van der Waals surface area (Å²) in [6, 6.07) is 4.56. The molecule has 0 atom stereocenters. The number of aromatic nitrogens is 2. The molecule has 5 nitrogen and oxygen atoms in total. The van der Waals surface area contributed by atoms with Gasteiger partial charge in [-0.1, -0.05) is 12.5 Å². The first-order valence-electron chi connectivity index (χ1n) is 10.0. The van der Waals surface area contributed by atoms with Crippen molar-refractivity contribution in [3.8, 4) is 0 Å². The minimum Gasteiger partial charge on any atom is -0.330 e. The first-order valence-corrected chi connectivity index (χ1v) is 10.0. The van der Waals surface area contributed by atoms with Gasteiger partial charge in [0.2, 0.25) is 0 Å². The summed E-state index contributed by atoms with van der Waals surface area (Å²) in [6.45, 7) is 3.03. The van der Waals surface area contributed by atoms with E-state index in [0.717, 1.165) is 65.0 Å². The number of hydrogen-bond acceptors (Lipinski definition) is 3. The first-order chi connectivity index (χ1) is 13.4. The van der Waals surface area contributed by atoms with Crippen LogP contribution in [0.15, 0.2) is 12.1 Å². The lowest BCUT2D eigenvalue weighted by Crippen LogP contribution is -2.43. The lowest BCUT2D eigenvalue weighted by Gasteiger charge is -2.36. The number of halogens is 3. The molecule has 3 heterocycles. The molecule has 0 N–H and O–H groups in total. The predicted octanol–water partition coefficient (Wildman–Crippen LogP) is 2.89. The van der Waals surface area contributed by atoms with E-state index in [0.29, 0.717) is 6.42 Å². The van der Waals surface area contributed by atoms with Gasteiger partial charge in [-0.05, 0) is 36.5 Å². The number of nitrogens with zero attached hydrogens (tertiary/aromatic N) is 4. The molecule has 1 aromatic heterocycles. The Labute approximate surface area is 161 Å². The molecular formula is C20H23F3N4O. The second kappa shape index (κ2) is 6.47. The predicted molar refractivity (Wildman–Crippen MR) is 97.8 cm³/mol. The second-order valence-electron chi connectivity index (χ2n) is 8.10. The molecule has 28 heavy (non-hydrogen) atoms. The van der Waals surface area contributed by atoms with Crippen molar-refractivity contribution in [2.45, 2.75) is 57.4 Å². The molecule has 0 unspecified atom stereocenters. The molecular weight excluding hydrogens is 369 g/mol. The minimum atomic E-state index is -4.82. The molecule has 5 rings (SSSR count). The van der Waals surface area contributed by atoms with Gasteiger partial charge in [0.05, 0.1) is 11.0 Å². The molecule has 1 amide bonds. The lowest BCUT2D eigenvalue weighted by molar-refractivity contribution is -0.186. The Morgan fingerprint density at radius 3 is 2.61 bits per heavy atom. The molecule has 1 saturated carbocycles. The monoisotopic (exact) mass is 392 g/mol. The molecule has 3 aliphatic rings. The van der Waals surface area contributed by atoms with Crippen molar-refractivity contribution >= 4 is 16.9 Å². The number of rotatable bonds is 1. The fourth-order valence-corrected chi connectivity index (χ4v) is 4.79. The molecule has 1 fully saturated rings. The molecule has 0 radical (unpaired) electrons. The molecule has 0 saturated heterocycles. The number of carbonyl (C=O) groups excluding carboxylic acids is 1. The number of carbonyl (C=O) groups is 1. The maximum atomic E-state index is 12.8. The molecule has 0 bridgehead atoms. The van der Waals surface area contributed by atoms with Crippen molar-refractivity contribution in [3.63, 3.8) is 0 Å². The summed E-state index contributed by atoms with van der Waals surface area (Å²) in [7, 11) is 0. The summed E-state index contributed by atoms with van der Waals surface area (Å²) in [5.74, 6) is -0.686. The van der Waals surface area contributed by atoms with Crippen molar-refractivity contribution in [2.75, 3.05) is 19.6 Å². The topological polar surface area (TPSA) is 41.4 Å². The van der Waals surface area contributed by atoms with Gasteiger partial charge in [-0.2, -0.15) is 13.2 Å². The van der Waals surface area contributed by atoms with Crippen LogP contribution in [0.3, 0.4) is 0 Å². The van der Waals surface area contributed by atoms with Gasteiger partial charge in [-0.25, -0.2) is 4.98 Å². The van der Waals surface area contributed by atoms with Crippen molar-refractivity contribution in [3.05, 3.63) is 29.1 Å². The third-order valence-corrected chi connectivity index (χ3v) is 6.55. The Bertz CT molecular complexity index is 932. The zero-order valence-corrected chi connectivity index (χ0v) is 15.6. The van der Waals surface area contributed by atoms with Crippen molar-refractivity contribution < 1.29 is 18.0 Å². The maximum absolute atomic E-state index is 12.8. The van der Waals surface area contributed by atoms with Gasteiger partial charge in [0.1, 0.15) is 5.82 Å². The van der Waals surface area contributed by atoms with E-state index in [1.54, 1.807) is 0 Å². The van der Waals surface area contributed by atoms with Crippen LogP contribution in [0.25, 0.3) is 11.0 Å². The van der Waals surface area contributed by atoms with Crippen molar-refractivity contribution in [2.24, 2.45) is 0 Å². The van der Waals surface area contributed by atoms with Crippen LogP contribution in [0, 0.1) is 0 Å². The number of fused-ring (bicyclic) bond motifs is 5. The molecule has 8 heteroatoms. The molecule has 1 aliphatic carbocycles. The van der Waals surface area contributed by atoms with Crippen molar-refractivity contribution in [1.29, 1.82) is 0 Å². The van der Waals surface area contributed by atoms with Crippen LogP contribution in [0.4, 0.5) is 13.2 Å². The quantitative estimate of drug-likeness (QED) is 0.750. The molecule has 2 aromatic rings. The second-order valence-corrected chi connectivity index (χ2v) is 8.10. The Hall–Kier alpha value is -2.09. The zero-order valence-electron chi connectivity index (χ0n) is 15.6. The Kier molecular flexibility index (Phi) is 4.15. The highest BCUT2D eigenvalue weighted by atomic mass is 19.4. The average Bonchev–Trinajstić information content (AvgIpc) is 2.86. The van der Waals surface area contributed by atoms with Crippen molar-refractivity contribution in [1.82, 2.24) is 19.4 Å². The number of hydrogen-bond donors (Lipinski definition) is 0. The third kappa shape index (κ3) is 2.89. The van der Waals surface area contributed by atoms with E-state index in [4.69, 9.17) is 4.98 Å². The normalized spacial score (nSPS) is 21.2. The summed E-state index contributed by atoms with van der Waals surface area (Å²) in [6.07, 6.45) is 0.416. The highest BCUT2D eigenvalue weighted by molar-refractivity contribution is 5.84. The van der Waals surface area contributed by atoms with Crippen LogP contribution >= 0.6 is 0 Å². The Morgan fingerprint density at radius 2 is 1.89 bits per heavy atom. The number of alkyl halides is 3. The van der Waals surface area contributed by atoms with E-state index >= 15 is 0 Å². The van der Waals surface area contributed by atoms with E-state index in [9.17, 15) is 18.0 Å². The molecule has 1 aromatic carbocycles. The number of benzene rings is 1. The molecule has 0 spiro atoms. The number of amides is 1. The van der Waals surface area contributed by atoms with Crippen LogP contribution in [0.1, 0.15) is 36.2 Å². The summed E-state index contributed by atoms with van der Waals surface area (Å²) in [5, 5.41) is 0. The van der Waals surface area contributed by atoms with Crippen LogP contribution in [-0.2, 0) is 30.7 Å². The maximum Gasteiger partial charge on any atom is 0.471 e. The SMILES string of the molecule is O=C(N1CCc2c(ccc3c2nc2n3CCN(C3CCC3)CC2)C1)C(F)(F)F. The van der Waals surface area contributed by atoms with E-state index in [2.05, 4.69) is 9.47 Å². The number of imidazole rings is 1. The van der Waals surface area contributed by atoms with Gasteiger partial charge < -0.3 is 9.47 Å². The minimum absolute atomic E-state index is 0.00126. The van der Waals surface area contributed by atoms with E-state index in [1.165, 1.54) is 19.3 Å². The molecule has 2 aliphatic heterocycles. The van der Waals surface area contributed by atoms with Crippen LogP contribution < -0.4 is 0 Å². The Morgan fingerprint density at radius 1 is 1.07 bits per heavy atom. The van der Waals surface area contributed by atoms with Gasteiger partial charge in [-0.3, -0.25) is 9.69 Å². The van der Waals surface area contributed by atoms with Gasteiger partial charge >= 0.3 is 12.1 Å². The van der Waals surface area contributed by atoms with E-state index in [1.807, 2.05) is 12.1 Å². The highest BCUT2D eigenvalue weighted by Gasteiger charge is 2.43. The van der Waals surface area contributed by atoms with E-state index < -0.39 is 12.1 Å². The smallest absolute Gasteiger partial charge is 0.330 e. The van der Waals surface area contributed by atoms with Gasteiger partial charge in [-0.15, -0.1) is 0 Å². The largest absolute Gasteiger partial charge is 0.471 e. The van der Waals surface area contributed by atoms with Gasteiger partial charge in [0, 0.05) is 45.2 Å². The fourth-order valence-electron chi connectivity index (χ4n) is 4.79. The van der Waals surface area contributed by atoms with E-state index in [-0.39, 0.29) is 13.1 Å². The zero-order chi connectivity index (χ0) is 19.5. The Balaban J connectivity index is 1.42. The summed E-state index contributed by atoms with van der Waals surface area (Å²) in [5.41, 5.74) is 3.75. The summed E-state index contributed by atoms with van der Waals surface area (Å²) >= 11 is 0. The highest BCUT2D eigenvalue weighted by Crippen LogP contribution is 2.32. The standard InChI is InChI=1S/C20H23F3N4O/c21-20(22,23)19(28)26-8-6-15-13(12-26)4-5-16-18(15)24-17-7-9-25(10-11-27(16)17)14-2-1-3-14/h4-5,14H,1-3,6-12H2. The third-order valence-electron chi connectivity index (χ3n) is 6.55. The molecule has 150 valence electrons.